The van der Waals surface area contributed by atoms with Crippen LogP contribution in [0.25, 0.3) is 0 Å². The molecule has 0 heterocycles. The van der Waals surface area contributed by atoms with Crippen molar-refractivity contribution in [2.45, 2.75) is 297 Å². The summed E-state index contributed by atoms with van der Waals surface area (Å²) in [5.74, 6) is -0.931. The molecule has 0 saturated heterocycles. The van der Waals surface area contributed by atoms with Gasteiger partial charge in [-0.05, 0) is 122 Å². The standard InChI is InChI=1S/C67H114O6/c1-4-7-10-13-16-19-22-25-28-31-33-36-39-42-45-48-51-54-57-60-66(69)72-63-64(62-71-65(68)59-56-53-50-47-44-41-38-35-30-27-24-21-18-15-12-9-6-3)73-67(70)61-58-55-52-49-46-43-40-37-34-32-29-26-23-20-17-14-11-8-5-2/h7,10,16,18-19,21,25,27-28,30,32-34,36,42,45,64H,4-6,8-9,11-15,17,20,22-24,26,29,31,35,37-41,43-44,46-63H2,1-3H3/b10-7-,19-16-,21-18-,28-25-,30-27-,34-32-,36-33-,45-42-/t64-/m1/s1. The maximum absolute atomic E-state index is 12.9. The summed E-state index contributed by atoms with van der Waals surface area (Å²) >= 11 is 0. The van der Waals surface area contributed by atoms with Gasteiger partial charge >= 0.3 is 17.9 Å². The van der Waals surface area contributed by atoms with E-state index in [0.29, 0.717) is 19.3 Å². The summed E-state index contributed by atoms with van der Waals surface area (Å²) in [4.78, 5) is 38.3. The summed E-state index contributed by atoms with van der Waals surface area (Å²) in [5.41, 5.74) is 0. The summed E-state index contributed by atoms with van der Waals surface area (Å²) in [6.45, 7) is 6.48. The molecule has 0 aromatic heterocycles. The van der Waals surface area contributed by atoms with Gasteiger partial charge < -0.3 is 14.2 Å². The molecule has 0 aromatic carbocycles. The number of rotatable bonds is 55. The number of unbranched alkanes of at least 4 members (excludes halogenated alkanes) is 28. The van der Waals surface area contributed by atoms with E-state index in [1.807, 2.05) is 0 Å². The van der Waals surface area contributed by atoms with Gasteiger partial charge in [0.05, 0.1) is 0 Å². The highest BCUT2D eigenvalue weighted by Crippen LogP contribution is 2.15. The van der Waals surface area contributed by atoms with Crippen LogP contribution < -0.4 is 0 Å². The molecule has 0 fully saturated rings. The van der Waals surface area contributed by atoms with Gasteiger partial charge in [-0.1, -0.05) is 246 Å². The molecule has 0 rings (SSSR count). The molecule has 0 radical (unpaired) electrons. The lowest BCUT2D eigenvalue weighted by molar-refractivity contribution is -0.167. The first-order valence-corrected chi connectivity index (χ1v) is 30.7. The minimum atomic E-state index is -0.799. The van der Waals surface area contributed by atoms with Crippen LogP contribution in [0.5, 0.6) is 0 Å². The molecule has 6 nitrogen and oxygen atoms in total. The Morgan fingerprint density at radius 2 is 0.534 bits per heavy atom. The van der Waals surface area contributed by atoms with Crippen molar-refractivity contribution < 1.29 is 28.6 Å². The van der Waals surface area contributed by atoms with Gasteiger partial charge in [-0.15, -0.1) is 0 Å². The van der Waals surface area contributed by atoms with E-state index in [1.165, 1.54) is 141 Å². The van der Waals surface area contributed by atoms with Crippen molar-refractivity contribution in [3.63, 3.8) is 0 Å². The highest BCUT2D eigenvalue weighted by molar-refractivity contribution is 5.71. The fourth-order valence-electron chi connectivity index (χ4n) is 8.44. The molecule has 0 bridgehead atoms. The number of hydrogen-bond acceptors (Lipinski definition) is 6. The van der Waals surface area contributed by atoms with E-state index in [2.05, 4.69) is 118 Å². The van der Waals surface area contributed by atoms with Crippen molar-refractivity contribution in [3.8, 4) is 0 Å². The smallest absolute Gasteiger partial charge is 0.306 e. The molecule has 0 saturated carbocycles. The van der Waals surface area contributed by atoms with Gasteiger partial charge in [0.15, 0.2) is 6.10 Å². The molecular weight excluding hydrogens is 901 g/mol. The normalized spacial score (nSPS) is 12.8. The van der Waals surface area contributed by atoms with Crippen LogP contribution in [-0.4, -0.2) is 37.2 Å². The quantitative estimate of drug-likeness (QED) is 0.0261. The molecule has 0 aliphatic rings. The Kier molecular flexibility index (Phi) is 57.8. The van der Waals surface area contributed by atoms with Crippen LogP contribution in [0.15, 0.2) is 97.2 Å². The Balaban J connectivity index is 4.46. The van der Waals surface area contributed by atoms with Crippen LogP contribution in [0.2, 0.25) is 0 Å². The van der Waals surface area contributed by atoms with Crippen molar-refractivity contribution in [2.75, 3.05) is 13.2 Å². The number of allylic oxidation sites excluding steroid dienone is 16. The predicted molar refractivity (Wildman–Crippen MR) is 316 cm³/mol. The van der Waals surface area contributed by atoms with Crippen LogP contribution in [0.4, 0.5) is 0 Å². The van der Waals surface area contributed by atoms with E-state index in [0.717, 1.165) is 109 Å². The molecule has 418 valence electrons. The average molecular weight is 1020 g/mol. The molecule has 0 N–H and O–H groups in total. The molecule has 0 spiro atoms. The number of carbonyl (C=O) groups is 3. The Bertz CT molecular complexity index is 1440. The topological polar surface area (TPSA) is 78.9 Å². The zero-order valence-corrected chi connectivity index (χ0v) is 47.9. The minimum Gasteiger partial charge on any atom is -0.462 e. The lowest BCUT2D eigenvalue weighted by atomic mass is 10.1. The largest absolute Gasteiger partial charge is 0.462 e. The summed E-state index contributed by atoms with van der Waals surface area (Å²) in [6.07, 6.45) is 81.1. The molecule has 0 amide bonds. The second-order valence-electron chi connectivity index (χ2n) is 20.2. The molecule has 73 heavy (non-hydrogen) atoms. The Labute approximate surface area is 451 Å². The SMILES string of the molecule is CC/C=C\C/C=C\C/C=C\C/C=C\C/C=C\CCCCCC(=O)OC[C@@H](COC(=O)CCCCCCCCC/C=C\C/C=C\CCCCC)OC(=O)CCCCCCCCC/C=C\CCCCCCCCCC. The molecule has 0 aromatic rings. The lowest BCUT2D eigenvalue weighted by Crippen LogP contribution is -2.30. The van der Waals surface area contributed by atoms with Crippen molar-refractivity contribution >= 4 is 17.9 Å². The van der Waals surface area contributed by atoms with Gasteiger partial charge in [-0.3, -0.25) is 14.4 Å². The zero-order valence-electron chi connectivity index (χ0n) is 47.9. The Hall–Kier alpha value is -3.67. The summed E-state index contributed by atoms with van der Waals surface area (Å²) in [6, 6.07) is 0. The fourth-order valence-corrected chi connectivity index (χ4v) is 8.44. The van der Waals surface area contributed by atoms with Gasteiger partial charge in [-0.25, -0.2) is 0 Å². The highest BCUT2D eigenvalue weighted by atomic mass is 16.6. The zero-order chi connectivity index (χ0) is 52.9. The van der Waals surface area contributed by atoms with Gasteiger partial charge in [0.25, 0.3) is 0 Å². The third-order valence-electron chi connectivity index (χ3n) is 13.0. The number of hydrogen-bond donors (Lipinski definition) is 0. The third-order valence-corrected chi connectivity index (χ3v) is 13.0. The summed E-state index contributed by atoms with van der Waals surface area (Å²) < 4.78 is 16.9. The first-order valence-electron chi connectivity index (χ1n) is 30.7. The average Bonchev–Trinajstić information content (AvgIpc) is 3.39. The van der Waals surface area contributed by atoms with Gasteiger partial charge in [0, 0.05) is 19.3 Å². The molecule has 0 unspecified atom stereocenters. The van der Waals surface area contributed by atoms with Gasteiger partial charge in [0.2, 0.25) is 0 Å². The Morgan fingerprint density at radius 3 is 0.890 bits per heavy atom. The minimum absolute atomic E-state index is 0.0941. The van der Waals surface area contributed by atoms with Gasteiger partial charge in [-0.2, -0.15) is 0 Å². The van der Waals surface area contributed by atoms with Crippen LogP contribution in [0, 0.1) is 0 Å². The molecule has 0 aliphatic carbocycles. The van der Waals surface area contributed by atoms with Crippen LogP contribution in [0.1, 0.15) is 290 Å². The van der Waals surface area contributed by atoms with Crippen molar-refractivity contribution in [2.24, 2.45) is 0 Å². The van der Waals surface area contributed by atoms with Crippen LogP contribution in [-0.2, 0) is 28.6 Å². The fraction of sp³-hybridized carbons (Fsp3) is 0.716. The molecule has 1 atom stereocenters. The monoisotopic (exact) mass is 1010 g/mol. The van der Waals surface area contributed by atoms with Crippen molar-refractivity contribution in [1.82, 2.24) is 0 Å². The van der Waals surface area contributed by atoms with E-state index in [-0.39, 0.29) is 31.1 Å². The van der Waals surface area contributed by atoms with Crippen molar-refractivity contribution in [3.05, 3.63) is 97.2 Å². The number of esters is 3. The van der Waals surface area contributed by atoms with E-state index in [4.69, 9.17) is 14.2 Å². The molecular formula is C67H114O6. The van der Waals surface area contributed by atoms with Crippen LogP contribution >= 0.6 is 0 Å². The number of carbonyl (C=O) groups excluding carboxylic acids is 3. The summed E-state index contributed by atoms with van der Waals surface area (Å²) in [7, 11) is 0. The highest BCUT2D eigenvalue weighted by Gasteiger charge is 2.19. The first kappa shape index (κ1) is 69.3. The third kappa shape index (κ3) is 59.1. The first-order chi connectivity index (χ1) is 36.0. The van der Waals surface area contributed by atoms with E-state index >= 15 is 0 Å². The second-order valence-corrected chi connectivity index (χ2v) is 20.2. The van der Waals surface area contributed by atoms with Crippen molar-refractivity contribution in [1.29, 1.82) is 0 Å². The molecule has 6 heteroatoms. The van der Waals surface area contributed by atoms with Crippen LogP contribution in [0.3, 0.4) is 0 Å². The maximum Gasteiger partial charge on any atom is 0.306 e. The lowest BCUT2D eigenvalue weighted by Gasteiger charge is -2.18. The van der Waals surface area contributed by atoms with Gasteiger partial charge in [0.1, 0.15) is 13.2 Å². The molecule has 0 aliphatic heterocycles. The second kappa shape index (κ2) is 60.9. The Morgan fingerprint density at radius 1 is 0.288 bits per heavy atom. The number of ether oxygens (including phenoxy) is 3. The summed E-state index contributed by atoms with van der Waals surface area (Å²) in [5, 5.41) is 0. The predicted octanol–water partition coefficient (Wildman–Crippen LogP) is 20.9. The maximum atomic E-state index is 12.9. The van der Waals surface area contributed by atoms with E-state index in [9.17, 15) is 14.4 Å². The van der Waals surface area contributed by atoms with E-state index in [1.54, 1.807) is 0 Å². The van der Waals surface area contributed by atoms with E-state index < -0.39 is 6.10 Å².